The van der Waals surface area contributed by atoms with Gasteiger partial charge >= 0.3 is 0 Å². The number of nitrogens with zero attached hydrogens (tertiary/aromatic N) is 2. The maximum absolute atomic E-state index is 8.48. The SMILES string of the molecule is CC1CCC(N(C)CCC(N)=NO)CC1C. The molecule has 0 saturated heterocycles. The van der Waals surface area contributed by atoms with Gasteiger partial charge in [0.25, 0.3) is 0 Å². The van der Waals surface area contributed by atoms with Crippen LogP contribution in [0, 0.1) is 11.8 Å². The van der Waals surface area contributed by atoms with Gasteiger partial charge < -0.3 is 15.8 Å². The Bertz CT molecular complexity index is 242. The van der Waals surface area contributed by atoms with Crippen LogP contribution >= 0.6 is 0 Å². The lowest BCUT2D eigenvalue weighted by atomic mass is 9.78. The predicted octanol–water partition coefficient (Wildman–Crippen LogP) is 1.88. The van der Waals surface area contributed by atoms with Crippen LogP contribution in [0.2, 0.25) is 0 Å². The van der Waals surface area contributed by atoms with E-state index in [1.807, 2.05) is 0 Å². The zero-order valence-corrected chi connectivity index (χ0v) is 10.7. The van der Waals surface area contributed by atoms with Crippen LogP contribution in [-0.2, 0) is 0 Å². The molecule has 1 rings (SSSR count). The van der Waals surface area contributed by atoms with E-state index in [9.17, 15) is 0 Å². The maximum atomic E-state index is 8.48. The molecule has 3 N–H and O–H groups in total. The van der Waals surface area contributed by atoms with Crippen molar-refractivity contribution in [2.75, 3.05) is 13.6 Å². The molecule has 0 aromatic carbocycles. The largest absolute Gasteiger partial charge is 0.409 e. The topological polar surface area (TPSA) is 61.8 Å². The molecule has 0 aliphatic heterocycles. The second kappa shape index (κ2) is 6.09. The first-order valence-corrected chi connectivity index (χ1v) is 6.21. The second-order valence-electron chi connectivity index (χ2n) is 5.24. The summed E-state index contributed by atoms with van der Waals surface area (Å²) in [4.78, 5) is 2.35. The highest BCUT2D eigenvalue weighted by molar-refractivity contribution is 5.79. The van der Waals surface area contributed by atoms with Gasteiger partial charge in [-0.25, -0.2) is 0 Å². The Labute approximate surface area is 98.5 Å². The van der Waals surface area contributed by atoms with Gasteiger partial charge in [-0.05, 0) is 38.1 Å². The molecule has 94 valence electrons. The van der Waals surface area contributed by atoms with Crippen LogP contribution < -0.4 is 5.73 Å². The van der Waals surface area contributed by atoms with Crippen molar-refractivity contribution in [3.8, 4) is 0 Å². The number of amidine groups is 1. The molecule has 4 nitrogen and oxygen atoms in total. The van der Waals surface area contributed by atoms with Crippen molar-refractivity contribution in [3.05, 3.63) is 0 Å². The van der Waals surface area contributed by atoms with Crippen molar-refractivity contribution in [1.82, 2.24) is 4.90 Å². The van der Waals surface area contributed by atoms with Crippen LogP contribution in [0.15, 0.2) is 5.16 Å². The van der Waals surface area contributed by atoms with E-state index >= 15 is 0 Å². The standard InChI is InChI=1S/C12H25N3O/c1-9-4-5-11(8-10(9)2)15(3)7-6-12(13)14-16/h9-11,16H,4-8H2,1-3H3,(H2,13,14). The van der Waals surface area contributed by atoms with Crippen LogP contribution in [0.1, 0.15) is 39.5 Å². The van der Waals surface area contributed by atoms with Crippen LogP contribution in [0.4, 0.5) is 0 Å². The molecule has 4 heteroatoms. The molecule has 0 spiro atoms. The summed E-state index contributed by atoms with van der Waals surface area (Å²) in [5, 5.41) is 11.5. The predicted molar refractivity (Wildman–Crippen MR) is 66.6 cm³/mol. The molecule has 0 heterocycles. The first-order valence-electron chi connectivity index (χ1n) is 6.21. The van der Waals surface area contributed by atoms with E-state index in [4.69, 9.17) is 10.9 Å². The molecule has 16 heavy (non-hydrogen) atoms. The fraction of sp³-hybridized carbons (Fsp3) is 0.917. The summed E-state index contributed by atoms with van der Waals surface area (Å²) in [5.74, 6) is 1.99. The van der Waals surface area contributed by atoms with E-state index in [0.717, 1.165) is 18.4 Å². The minimum absolute atomic E-state index is 0.323. The van der Waals surface area contributed by atoms with Crippen LogP contribution in [0.5, 0.6) is 0 Å². The molecular formula is C12H25N3O. The van der Waals surface area contributed by atoms with Crippen molar-refractivity contribution in [3.63, 3.8) is 0 Å². The average Bonchev–Trinajstić information content (AvgIpc) is 2.29. The minimum Gasteiger partial charge on any atom is -0.409 e. The van der Waals surface area contributed by atoms with Gasteiger partial charge in [-0.1, -0.05) is 19.0 Å². The summed E-state index contributed by atoms with van der Waals surface area (Å²) in [6.07, 6.45) is 4.51. The summed E-state index contributed by atoms with van der Waals surface area (Å²) >= 11 is 0. The molecule has 1 saturated carbocycles. The third kappa shape index (κ3) is 3.67. The first kappa shape index (κ1) is 13.3. The van der Waals surface area contributed by atoms with Gasteiger partial charge in [-0.3, -0.25) is 0 Å². The van der Waals surface area contributed by atoms with E-state index in [2.05, 4.69) is 31.0 Å². The van der Waals surface area contributed by atoms with Crippen LogP contribution in [0.25, 0.3) is 0 Å². The molecule has 0 bridgehead atoms. The average molecular weight is 227 g/mol. The van der Waals surface area contributed by atoms with E-state index in [0.29, 0.717) is 18.3 Å². The van der Waals surface area contributed by atoms with Crippen molar-refractivity contribution in [2.45, 2.75) is 45.6 Å². The molecule has 1 aliphatic rings. The fourth-order valence-corrected chi connectivity index (χ4v) is 2.44. The Balaban J connectivity index is 2.34. The number of hydrogen-bond donors (Lipinski definition) is 2. The normalized spacial score (nSPS) is 32.0. The minimum atomic E-state index is 0.323. The summed E-state index contributed by atoms with van der Waals surface area (Å²) in [5.41, 5.74) is 5.47. The zero-order chi connectivity index (χ0) is 12.1. The Hall–Kier alpha value is -0.770. The van der Waals surface area contributed by atoms with Crippen molar-refractivity contribution < 1.29 is 5.21 Å². The van der Waals surface area contributed by atoms with Gasteiger partial charge in [0, 0.05) is 19.0 Å². The molecule has 3 unspecified atom stereocenters. The molecule has 1 aliphatic carbocycles. The zero-order valence-electron chi connectivity index (χ0n) is 10.7. The molecule has 1 fully saturated rings. The second-order valence-corrected chi connectivity index (χ2v) is 5.24. The Kier molecular flexibility index (Phi) is 5.06. The lowest BCUT2D eigenvalue weighted by Gasteiger charge is -2.37. The molecule has 0 amide bonds. The summed E-state index contributed by atoms with van der Waals surface area (Å²) in [6, 6.07) is 0.665. The highest BCUT2D eigenvalue weighted by atomic mass is 16.4. The lowest BCUT2D eigenvalue weighted by Crippen LogP contribution is -2.39. The van der Waals surface area contributed by atoms with Gasteiger partial charge in [-0.15, -0.1) is 0 Å². The van der Waals surface area contributed by atoms with Gasteiger partial charge in [0.1, 0.15) is 5.84 Å². The van der Waals surface area contributed by atoms with Crippen LogP contribution in [-0.4, -0.2) is 35.6 Å². The highest BCUT2D eigenvalue weighted by Crippen LogP contribution is 2.31. The van der Waals surface area contributed by atoms with Gasteiger partial charge in [0.05, 0.1) is 0 Å². The van der Waals surface area contributed by atoms with Gasteiger partial charge in [-0.2, -0.15) is 0 Å². The van der Waals surface area contributed by atoms with Crippen molar-refractivity contribution >= 4 is 5.84 Å². The Morgan fingerprint density at radius 3 is 2.62 bits per heavy atom. The lowest BCUT2D eigenvalue weighted by molar-refractivity contribution is 0.134. The highest BCUT2D eigenvalue weighted by Gasteiger charge is 2.26. The third-order valence-electron chi connectivity index (χ3n) is 4.04. The van der Waals surface area contributed by atoms with Crippen molar-refractivity contribution in [1.29, 1.82) is 0 Å². The maximum Gasteiger partial charge on any atom is 0.140 e. The fourth-order valence-electron chi connectivity index (χ4n) is 2.44. The van der Waals surface area contributed by atoms with Gasteiger partial charge in [0.2, 0.25) is 0 Å². The molecule has 0 aromatic heterocycles. The van der Waals surface area contributed by atoms with Gasteiger partial charge in [0.15, 0.2) is 0 Å². The molecular weight excluding hydrogens is 202 g/mol. The van der Waals surface area contributed by atoms with Crippen LogP contribution in [0.3, 0.4) is 0 Å². The smallest absolute Gasteiger partial charge is 0.140 e. The molecule has 0 aromatic rings. The molecule has 3 atom stereocenters. The third-order valence-corrected chi connectivity index (χ3v) is 4.04. The Morgan fingerprint density at radius 2 is 2.06 bits per heavy atom. The van der Waals surface area contributed by atoms with E-state index in [-0.39, 0.29) is 0 Å². The monoisotopic (exact) mass is 227 g/mol. The Morgan fingerprint density at radius 1 is 1.38 bits per heavy atom. The van der Waals surface area contributed by atoms with E-state index in [1.165, 1.54) is 19.3 Å². The number of hydrogen-bond acceptors (Lipinski definition) is 3. The summed E-state index contributed by atoms with van der Waals surface area (Å²) < 4.78 is 0. The summed E-state index contributed by atoms with van der Waals surface area (Å²) in [6.45, 7) is 5.56. The van der Waals surface area contributed by atoms with E-state index < -0.39 is 0 Å². The number of rotatable bonds is 4. The molecule has 0 radical (unpaired) electrons. The number of nitrogens with two attached hydrogens (primary N) is 1. The van der Waals surface area contributed by atoms with E-state index in [1.54, 1.807) is 0 Å². The number of oxime groups is 1. The quantitative estimate of drug-likeness (QED) is 0.333. The first-order chi connectivity index (χ1) is 7.54. The summed E-state index contributed by atoms with van der Waals surface area (Å²) in [7, 11) is 2.14. The van der Waals surface area contributed by atoms with Crippen molar-refractivity contribution in [2.24, 2.45) is 22.7 Å².